The highest BCUT2D eigenvalue weighted by molar-refractivity contribution is 5.76. The molecule has 0 aromatic heterocycles. The zero-order chi connectivity index (χ0) is 13.0. The van der Waals surface area contributed by atoms with Gasteiger partial charge in [-0.25, -0.2) is 0 Å². The van der Waals surface area contributed by atoms with Crippen LogP contribution in [0.25, 0.3) is 0 Å². The Balaban J connectivity index is 1.56. The molecule has 2 saturated heterocycles. The van der Waals surface area contributed by atoms with Crippen molar-refractivity contribution >= 4 is 5.91 Å². The summed E-state index contributed by atoms with van der Waals surface area (Å²) in [5.74, 6) is 2.13. The fourth-order valence-corrected chi connectivity index (χ4v) is 3.02. The van der Waals surface area contributed by atoms with Crippen LogP contribution in [0.5, 0.6) is 0 Å². The SMILES string of the molecule is CC(C)C1CCN(CCCC(=O)N2CCC2)CC1. The van der Waals surface area contributed by atoms with E-state index in [1.165, 1.54) is 32.4 Å². The zero-order valence-electron chi connectivity index (χ0n) is 12.0. The molecular weight excluding hydrogens is 224 g/mol. The van der Waals surface area contributed by atoms with Crippen molar-refractivity contribution in [3.63, 3.8) is 0 Å². The largest absolute Gasteiger partial charge is 0.343 e. The standard InChI is InChI=1S/C15H28N2O/c1-13(2)14-6-11-16(12-7-14)8-3-5-15(18)17-9-4-10-17/h13-14H,3-12H2,1-2H3. The Morgan fingerprint density at radius 1 is 1.17 bits per heavy atom. The van der Waals surface area contributed by atoms with E-state index in [1.807, 2.05) is 4.90 Å². The lowest BCUT2D eigenvalue weighted by Gasteiger charge is -2.34. The quantitative estimate of drug-likeness (QED) is 0.750. The van der Waals surface area contributed by atoms with E-state index in [4.69, 9.17) is 0 Å². The molecule has 0 atom stereocenters. The normalized spacial score (nSPS) is 22.3. The molecule has 0 saturated carbocycles. The Labute approximate surface area is 112 Å². The van der Waals surface area contributed by atoms with E-state index in [1.54, 1.807) is 0 Å². The Hall–Kier alpha value is -0.570. The van der Waals surface area contributed by atoms with Gasteiger partial charge in [-0.2, -0.15) is 0 Å². The Bertz CT molecular complexity index is 266. The number of carbonyl (C=O) groups is 1. The highest BCUT2D eigenvalue weighted by Crippen LogP contribution is 2.24. The van der Waals surface area contributed by atoms with Crippen LogP contribution in [-0.4, -0.2) is 48.4 Å². The first-order chi connectivity index (χ1) is 8.66. The van der Waals surface area contributed by atoms with Crippen LogP contribution in [-0.2, 0) is 4.79 Å². The predicted octanol–water partition coefficient (Wildman–Crippen LogP) is 2.37. The van der Waals surface area contributed by atoms with Gasteiger partial charge in [0, 0.05) is 19.5 Å². The van der Waals surface area contributed by atoms with Gasteiger partial charge in [-0.05, 0) is 57.2 Å². The molecule has 0 aromatic carbocycles. The van der Waals surface area contributed by atoms with Crippen molar-refractivity contribution in [2.24, 2.45) is 11.8 Å². The number of hydrogen-bond donors (Lipinski definition) is 0. The molecule has 2 heterocycles. The molecule has 3 nitrogen and oxygen atoms in total. The van der Waals surface area contributed by atoms with Crippen molar-refractivity contribution in [3.8, 4) is 0 Å². The van der Waals surface area contributed by atoms with Crippen molar-refractivity contribution < 1.29 is 4.79 Å². The third kappa shape index (κ3) is 3.71. The first kappa shape index (κ1) is 13.9. The van der Waals surface area contributed by atoms with Gasteiger partial charge in [-0.15, -0.1) is 0 Å². The van der Waals surface area contributed by atoms with E-state index in [2.05, 4.69) is 18.7 Å². The first-order valence-corrected chi connectivity index (χ1v) is 7.67. The summed E-state index contributed by atoms with van der Waals surface area (Å²) < 4.78 is 0. The maximum atomic E-state index is 11.7. The third-order valence-electron chi connectivity index (χ3n) is 4.65. The number of nitrogens with zero attached hydrogens (tertiary/aromatic N) is 2. The Morgan fingerprint density at radius 3 is 2.33 bits per heavy atom. The average Bonchev–Trinajstić information content (AvgIpc) is 2.27. The molecule has 0 radical (unpaired) electrons. The molecule has 2 rings (SSSR count). The minimum atomic E-state index is 0.373. The topological polar surface area (TPSA) is 23.6 Å². The van der Waals surface area contributed by atoms with Gasteiger partial charge in [0.25, 0.3) is 0 Å². The third-order valence-corrected chi connectivity index (χ3v) is 4.65. The molecular formula is C15H28N2O. The van der Waals surface area contributed by atoms with Gasteiger partial charge in [-0.3, -0.25) is 4.79 Å². The van der Waals surface area contributed by atoms with Crippen LogP contribution < -0.4 is 0 Å². The summed E-state index contributed by atoms with van der Waals surface area (Å²) in [5, 5.41) is 0. The molecule has 18 heavy (non-hydrogen) atoms. The van der Waals surface area contributed by atoms with Crippen LogP contribution in [0, 0.1) is 11.8 Å². The lowest BCUT2D eigenvalue weighted by molar-refractivity contribution is -0.134. The lowest BCUT2D eigenvalue weighted by atomic mass is 9.87. The second kappa shape index (κ2) is 6.55. The maximum Gasteiger partial charge on any atom is 0.222 e. The van der Waals surface area contributed by atoms with Gasteiger partial charge in [-0.1, -0.05) is 13.8 Å². The maximum absolute atomic E-state index is 11.7. The molecule has 1 amide bonds. The number of rotatable bonds is 5. The van der Waals surface area contributed by atoms with E-state index in [-0.39, 0.29) is 0 Å². The summed E-state index contributed by atoms with van der Waals surface area (Å²) in [5.41, 5.74) is 0. The molecule has 0 bridgehead atoms. The van der Waals surface area contributed by atoms with Crippen molar-refractivity contribution in [3.05, 3.63) is 0 Å². The molecule has 0 aromatic rings. The number of amides is 1. The van der Waals surface area contributed by atoms with E-state index >= 15 is 0 Å². The lowest BCUT2D eigenvalue weighted by Crippen LogP contribution is -2.42. The minimum Gasteiger partial charge on any atom is -0.343 e. The molecule has 3 heteroatoms. The van der Waals surface area contributed by atoms with E-state index in [0.717, 1.165) is 44.3 Å². The summed E-state index contributed by atoms with van der Waals surface area (Å²) in [4.78, 5) is 16.3. The number of piperidine rings is 1. The Morgan fingerprint density at radius 2 is 1.83 bits per heavy atom. The minimum absolute atomic E-state index is 0.373. The van der Waals surface area contributed by atoms with E-state index in [0.29, 0.717) is 5.91 Å². The molecule has 2 aliphatic heterocycles. The van der Waals surface area contributed by atoms with E-state index in [9.17, 15) is 4.79 Å². The van der Waals surface area contributed by atoms with Crippen LogP contribution >= 0.6 is 0 Å². The van der Waals surface area contributed by atoms with Crippen LogP contribution in [0.1, 0.15) is 46.0 Å². The van der Waals surface area contributed by atoms with Gasteiger partial charge in [0.15, 0.2) is 0 Å². The first-order valence-electron chi connectivity index (χ1n) is 7.67. The molecule has 2 fully saturated rings. The van der Waals surface area contributed by atoms with Crippen LogP contribution in [0.4, 0.5) is 0 Å². The molecule has 2 aliphatic rings. The van der Waals surface area contributed by atoms with Gasteiger partial charge < -0.3 is 9.80 Å². The summed E-state index contributed by atoms with van der Waals surface area (Å²) in [7, 11) is 0. The second-order valence-electron chi connectivity index (χ2n) is 6.26. The summed E-state index contributed by atoms with van der Waals surface area (Å²) in [6, 6.07) is 0. The smallest absolute Gasteiger partial charge is 0.222 e. The monoisotopic (exact) mass is 252 g/mol. The van der Waals surface area contributed by atoms with Crippen LogP contribution in [0.2, 0.25) is 0 Å². The number of likely N-dealkylation sites (tertiary alicyclic amines) is 2. The van der Waals surface area contributed by atoms with Crippen LogP contribution in [0.15, 0.2) is 0 Å². The fraction of sp³-hybridized carbons (Fsp3) is 0.933. The summed E-state index contributed by atoms with van der Waals surface area (Å²) in [6.07, 6.45) is 5.69. The molecule has 0 aliphatic carbocycles. The average molecular weight is 252 g/mol. The molecule has 0 spiro atoms. The number of hydrogen-bond acceptors (Lipinski definition) is 2. The molecule has 104 valence electrons. The van der Waals surface area contributed by atoms with E-state index < -0.39 is 0 Å². The highest BCUT2D eigenvalue weighted by Gasteiger charge is 2.22. The predicted molar refractivity (Wildman–Crippen MR) is 74.4 cm³/mol. The van der Waals surface area contributed by atoms with Gasteiger partial charge in [0.1, 0.15) is 0 Å². The van der Waals surface area contributed by atoms with Crippen LogP contribution in [0.3, 0.4) is 0 Å². The molecule has 0 unspecified atom stereocenters. The van der Waals surface area contributed by atoms with Gasteiger partial charge >= 0.3 is 0 Å². The number of carbonyl (C=O) groups excluding carboxylic acids is 1. The van der Waals surface area contributed by atoms with Crippen molar-refractivity contribution in [1.29, 1.82) is 0 Å². The summed E-state index contributed by atoms with van der Waals surface area (Å²) >= 11 is 0. The fourth-order valence-electron chi connectivity index (χ4n) is 3.02. The summed E-state index contributed by atoms with van der Waals surface area (Å²) in [6.45, 7) is 10.3. The van der Waals surface area contributed by atoms with Gasteiger partial charge in [0.2, 0.25) is 5.91 Å². The van der Waals surface area contributed by atoms with Gasteiger partial charge in [0.05, 0.1) is 0 Å². The highest BCUT2D eigenvalue weighted by atomic mass is 16.2. The van der Waals surface area contributed by atoms with Crippen molar-refractivity contribution in [2.45, 2.75) is 46.0 Å². The van der Waals surface area contributed by atoms with Crippen molar-refractivity contribution in [1.82, 2.24) is 9.80 Å². The van der Waals surface area contributed by atoms with Crippen molar-refractivity contribution in [2.75, 3.05) is 32.7 Å². The Kier molecular flexibility index (Phi) is 5.04. The molecule has 0 N–H and O–H groups in total. The second-order valence-corrected chi connectivity index (χ2v) is 6.26. The zero-order valence-corrected chi connectivity index (χ0v) is 12.0.